The van der Waals surface area contributed by atoms with Crippen molar-refractivity contribution in [3.8, 4) is 11.1 Å². The monoisotopic (exact) mass is 1650 g/mol. The first-order valence-electron chi connectivity index (χ1n) is 37.1. The topological polar surface area (TPSA) is 187 Å². The van der Waals surface area contributed by atoms with Crippen molar-refractivity contribution in [3.05, 3.63) is 309 Å². The lowest BCUT2D eigenvalue weighted by Crippen LogP contribution is -2.57. The fourth-order valence-electron chi connectivity index (χ4n) is 15.8. The molecular formula is C88H76Al2F8N16O2Si2. The summed E-state index contributed by atoms with van der Waals surface area (Å²) in [6.07, 6.45) is 0. The summed E-state index contributed by atoms with van der Waals surface area (Å²) in [5.41, 5.74) is 12.2. The quantitative estimate of drug-likeness (QED) is 0.114. The molecule has 0 amide bonds. The maximum absolute atomic E-state index is 9.50. The number of nitrogens with zero attached hydrogens (tertiary/aromatic N) is 16. The lowest BCUT2D eigenvalue weighted by atomic mass is 10.1. The summed E-state index contributed by atoms with van der Waals surface area (Å²) in [7, 11) is -1.98. The third-order valence-electron chi connectivity index (χ3n) is 20.8. The molecule has 18 nitrogen and oxygen atoms in total. The van der Waals surface area contributed by atoms with Crippen molar-refractivity contribution in [1.29, 1.82) is 0 Å². The van der Waals surface area contributed by atoms with Gasteiger partial charge < -0.3 is 21.2 Å². The van der Waals surface area contributed by atoms with Crippen LogP contribution in [0.2, 0.25) is 26.2 Å². The third kappa shape index (κ3) is 13.8. The van der Waals surface area contributed by atoms with Crippen molar-refractivity contribution in [2.24, 2.45) is 59.9 Å². The van der Waals surface area contributed by atoms with Gasteiger partial charge in [-0.05, 0) is 47.7 Å². The summed E-state index contributed by atoms with van der Waals surface area (Å²) in [5.74, 6) is 7.50. The maximum Gasteiger partial charge on any atom is 0.798 e. The van der Waals surface area contributed by atoms with E-state index in [-0.39, 0.29) is 0 Å². The van der Waals surface area contributed by atoms with Crippen LogP contribution in [0.4, 0.5) is 58.4 Å². The van der Waals surface area contributed by atoms with E-state index < -0.39 is 46.5 Å². The van der Waals surface area contributed by atoms with Crippen molar-refractivity contribution < 1.29 is 42.1 Å². The smallest absolute Gasteiger partial charge is 0.506 e. The Morgan fingerprint density at radius 2 is 0.390 bits per heavy atom. The van der Waals surface area contributed by atoms with E-state index in [9.17, 15) is 35.1 Å². The van der Waals surface area contributed by atoms with E-state index in [4.69, 9.17) is 66.9 Å². The van der Waals surface area contributed by atoms with Gasteiger partial charge in [0.1, 0.15) is 45.2 Å². The van der Waals surface area contributed by atoms with Gasteiger partial charge in [0.15, 0.2) is 63.3 Å². The first-order chi connectivity index (χ1) is 58.0. The Morgan fingerprint density at radius 1 is 0.212 bits per heavy atom. The number of halogens is 8. The molecule has 0 fully saturated rings. The molecule has 0 unspecified atom stereocenters. The minimum Gasteiger partial charge on any atom is -0.506 e. The second-order valence-electron chi connectivity index (χ2n) is 27.4. The SMILES string of the molecule is CF.CF.CF.CF.CF.CF.CF.CF.C[Si](C)([O][Al]1[n]2c3c4ccccc4c2N=C2N=C(N=c4c5ccccc5c([n]41)=NC1=NC(=N3)c3ccccc31)c1ccccc12)c1ccc(-c2ccc([Si](C)(C)[O][Al]3[n]4c5c6ccccc6c4N=C4N=C(N=c6c7ccccc7c([n]63)=NC3=NC(=N5)c5ccccc53)c3ccccc34)cc2)cc1. The second kappa shape index (κ2) is 34.9. The average molecular weight is 1650 g/mol. The van der Waals surface area contributed by atoms with Gasteiger partial charge in [-0.15, -0.1) is 0 Å². The first-order valence-corrected chi connectivity index (χ1v) is 45.9. The van der Waals surface area contributed by atoms with Crippen LogP contribution in [0.3, 0.4) is 0 Å². The first kappa shape index (κ1) is 82.3. The number of hydrogen-bond acceptors (Lipinski definition) is 14. The minimum atomic E-state index is -3.20. The van der Waals surface area contributed by atoms with E-state index in [1.165, 1.54) is 0 Å². The Hall–Kier alpha value is -12.2. The van der Waals surface area contributed by atoms with Gasteiger partial charge >= 0.3 is 29.8 Å². The van der Waals surface area contributed by atoms with E-state index in [0.29, 0.717) is 149 Å². The van der Waals surface area contributed by atoms with Crippen LogP contribution in [0.25, 0.3) is 54.2 Å². The van der Waals surface area contributed by atoms with Gasteiger partial charge in [-0.3, -0.25) is 35.1 Å². The molecular weight excluding hydrogens is 1580 g/mol. The number of alkyl halides is 8. The number of benzene rings is 10. The Morgan fingerprint density at radius 3 is 0.593 bits per heavy atom. The molecule has 10 aromatic carbocycles. The molecule has 8 aliphatic heterocycles. The number of aromatic nitrogens is 4. The summed E-state index contributed by atoms with van der Waals surface area (Å²) in [6, 6.07) is 84.4. The summed E-state index contributed by atoms with van der Waals surface area (Å²) < 4.78 is 101. The number of fused-ring (bicyclic) bond motifs is 28. The van der Waals surface area contributed by atoms with E-state index in [2.05, 4.69) is 235 Å². The molecule has 0 atom stereocenters. The van der Waals surface area contributed by atoms with Crippen LogP contribution >= 0.6 is 0 Å². The molecule has 0 saturated carbocycles. The highest BCUT2D eigenvalue weighted by Gasteiger charge is 2.49. The molecule has 590 valence electrons. The predicted molar refractivity (Wildman–Crippen MR) is 467 cm³/mol. The zero-order valence-corrected chi connectivity index (χ0v) is 70.6. The molecule has 0 spiro atoms. The van der Waals surface area contributed by atoms with Crippen LogP contribution in [0.5, 0.6) is 0 Å². The van der Waals surface area contributed by atoms with E-state index in [1.54, 1.807) is 0 Å². The van der Waals surface area contributed by atoms with Crippen molar-refractivity contribution in [1.82, 2.24) is 14.2 Å². The molecule has 0 saturated heterocycles. The predicted octanol–water partition coefficient (Wildman–Crippen LogP) is 16.8. The van der Waals surface area contributed by atoms with Gasteiger partial charge in [-0.1, -0.05) is 243 Å². The molecule has 4 aromatic heterocycles. The van der Waals surface area contributed by atoms with Crippen molar-refractivity contribution in [2.75, 3.05) is 57.4 Å². The van der Waals surface area contributed by atoms with Crippen LogP contribution in [0, 0.1) is 0 Å². The molecule has 0 N–H and O–H groups in total. The molecule has 22 rings (SSSR count). The van der Waals surface area contributed by atoms with Gasteiger partial charge in [-0.2, -0.15) is 0 Å². The number of amidine groups is 8. The normalized spacial score (nSPS) is 13.8. The highest BCUT2D eigenvalue weighted by Crippen LogP contribution is 2.44. The summed E-state index contributed by atoms with van der Waals surface area (Å²) in [4.78, 5) is 65.8. The highest BCUT2D eigenvalue weighted by atomic mass is 28.4. The van der Waals surface area contributed by atoms with Crippen LogP contribution in [-0.2, 0) is 6.96 Å². The fourth-order valence-corrected chi connectivity index (χ4v) is 28.4. The Labute approximate surface area is 685 Å². The molecule has 118 heavy (non-hydrogen) atoms. The van der Waals surface area contributed by atoms with Crippen molar-refractivity contribution >= 4 is 170 Å². The molecule has 0 radical (unpaired) electrons. The van der Waals surface area contributed by atoms with Crippen LogP contribution in [-0.4, -0.2) is 165 Å². The summed E-state index contributed by atoms with van der Waals surface area (Å²) >= 11 is -6.40. The molecule has 0 aliphatic carbocycles. The van der Waals surface area contributed by atoms with Gasteiger partial charge in [0.2, 0.25) is 0 Å². The number of aliphatic imine (C=N–C) groups is 8. The van der Waals surface area contributed by atoms with Gasteiger partial charge in [0.05, 0.1) is 57.4 Å². The Kier molecular flexibility index (Phi) is 24.4. The van der Waals surface area contributed by atoms with Crippen molar-refractivity contribution in [2.45, 2.75) is 26.2 Å². The highest BCUT2D eigenvalue weighted by molar-refractivity contribution is 6.89. The molecule has 30 heteroatoms. The maximum atomic E-state index is 9.50. The lowest BCUT2D eigenvalue weighted by Gasteiger charge is -2.30. The molecule has 14 aromatic rings. The molecule has 8 aliphatic rings. The summed E-state index contributed by atoms with van der Waals surface area (Å²) in [5, 5.41) is 9.66. The third-order valence-corrected chi connectivity index (χ3v) is 34.4. The molecule has 12 heterocycles. The van der Waals surface area contributed by atoms with Crippen LogP contribution < -0.4 is 32.3 Å². The van der Waals surface area contributed by atoms with E-state index in [0.717, 1.165) is 109 Å². The largest absolute Gasteiger partial charge is 0.798 e. The molecule has 12 bridgehead atoms. The van der Waals surface area contributed by atoms with Crippen molar-refractivity contribution in [3.63, 3.8) is 0 Å². The van der Waals surface area contributed by atoms with Gasteiger partial charge in [0.25, 0.3) is 0 Å². The standard InChI is InChI=1S/2C32H16N8.C16H20O2Si2.8CH3F.2Al/c2*1-2-10-18-17(9-1)25-33-26(18)38-28-21-13-5-6-14-22(21)30(35-28)40-32-24-16-8-7-15-23(24)31(36-32)39-29-20-12-4-3-11-19(20)27(34-29)37-25;1-19(2,17)15-9-5-13(6-10-15)14-7-11-16(12-8-14)20(3,4)18;8*1-2;;/h2*1-16H;5-12H,1-4H3;8*1H3;;/q3*-2;;;;;;;;;2*+3. The van der Waals surface area contributed by atoms with Gasteiger partial charge in [-0.25, -0.2) is 59.9 Å². The minimum absolute atomic E-state index is 0.500. The van der Waals surface area contributed by atoms with Gasteiger partial charge in [0, 0.05) is 87.6 Å². The fraction of sp³-hybridized carbons (Fsp3) is 0.136. The van der Waals surface area contributed by atoms with E-state index >= 15 is 0 Å². The van der Waals surface area contributed by atoms with Crippen LogP contribution in [0.1, 0.15) is 44.5 Å². The Balaban J connectivity index is 0.000000677. The summed E-state index contributed by atoms with van der Waals surface area (Å²) in [6.45, 7) is 9.17. The Bertz CT molecular complexity index is 6100. The zero-order chi connectivity index (χ0) is 83.4. The number of hydrogen-bond donors (Lipinski definition) is 0. The zero-order valence-electron chi connectivity index (χ0n) is 66.2. The lowest BCUT2D eigenvalue weighted by molar-refractivity contribution is 0.539. The second-order valence-corrected chi connectivity index (χ2v) is 39.9. The van der Waals surface area contributed by atoms with E-state index in [1.807, 2.05) is 48.5 Å². The van der Waals surface area contributed by atoms with Crippen LogP contribution in [0.15, 0.2) is 303 Å². The number of rotatable bonds is 7. The average Bonchev–Trinajstić information content (AvgIpc) is 1.55.